The van der Waals surface area contributed by atoms with Crippen molar-refractivity contribution >= 4 is 16.3 Å². The molecule has 2 rings (SSSR count). The number of ether oxygens (including phenoxy) is 1. The molecule has 1 atom stereocenters. The van der Waals surface area contributed by atoms with Crippen molar-refractivity contribution in [3.8, 4) is 0 Å². The van der Waals surface area contributed by atoms with Crippen LogP contribution in [0.25, 0.3) is 0 Å². The second-order valence-corrected chi connectivity index (χ2v) is 5.36. The summed E-state index contributed by atoms with van der Waals surface area (Å²) in [5.74, 6) is 0.582. The van der Waals surface area contributed by atoms with Gasteiger partial charge in [-0.2, -0.15) is 0 Å². The van der Waals surface area contributed by atoms with Gasteiger partial charge in [-0.25, -0.2) is 0 Å². The summed E-state index contributed by atoms with van der Waals surface area (Å²) in [7, 11) is 0. The molecule has 0 aliphatic carbocycles. The molecule has 94 valence electrons. The summed E-state index contributed by atoms with van der Waals surface area (Å²) >= 11 is 1.23. The molecule has 1 aromatic rings. The fourth-order valence-electron chi connectivity index (χ4n) is 1.93. The molecule has 1 aromatic heterocycles. The highest BCUT2D eigenvalue weighted by molar-refractivity contribution is 7.15. The first kappa shape index (κ1) is 12.5. The van der Waals surface area contributed by atoms with Crippen molar-refractivity contribution in [2.45, 2.75) is 19.4 Å². The Morgan fingerprint density at radius 2 is 2.47 bits per heavy atom. The van der Waals surface area contributed by atoms with Gasteiger partial charge < -0.3 is 10.1 Å². The Kier molecular flexibility index (Phi) is 4.47. The third kappa shape index (κ3) is 3.76. The van der Waals surface area contributed by atoms with Crippen molar-refractivity contribution < 1.29 is 9.66 Å². The first-order chi connectivity index (χ1) is 8.25. The van der Waals surface area contributed by atoms with Crippen molar-refractivity contribution in [2.75, 3.05) is 19.8 Å². The van der Waals surface area contributed by atoms with Gasteiger partial charge in [0.2, 0.25) is 0 Å². The minimum atomic E-state index is -0.344. The van der Waals surface area contributed by atoms with Crippen molar-refractivity contribution in [2.24, 2.45) is 5.92 Å². The van der Waals surface area contributed by atoms with E-state index in [0.717, 1.165) is 31.1 Å². The van der Waals surface area contributed by atoms with Gasteiger partial charge >= 0.3 is 5.00 Å². The van der Waals surface area contributed by atoms with Gasteiger partial charge in [-0.3, -0.25) is 10.1 Å². The van der Waals surface area contributed by atoms with Crippen molar-refractivity contribution in [1.82, 2.24) is 5.32 Å². The van der Waals surface area contributed by atoms with Crippen LogP contribution in [-0.4, -0.2) is 24.7 Å². The van der Waals surface area contributed by atoms with Crippen molar-refractivity contribution in [1.29, 1.82) is 0 Å². The van der Waals surface area contributed by atoms with E-state index in [1.54, 1.807) is 6.07 Å². The molecule has 2 heterocycles. The van der Waals surface area contributed by atoms with E-state index >= 15 is 0 Å². The van der Waals surface area contributed by atoms with Gasteiger partial charge in [-0.05, 0) is 24.8 Å². The lowest BCUT2D eigenvalue weighted by molar-refractivity contribution is -0.380. The van der Waals surface area contributed by atoms with Crippen LogP contribution in [0.3, 0.4) is 0 Å². The maximum Gasteiger partial charge on any atom is 0.324 e. The summed E-state index contributed by atoms with van der Waals surface area (Å²) in [6.45, 7) is 3.34. The first-order valence-electron chi connectivity index (χ1n) is 5.77. The van der Waals surface area contributed by atoms with E-state index in [1.165, 1.54) is 17.8 Å². The second kappa shape index (κ2) is 6.09. The lowest BCUT2D eigenvalue weighted by Crippen LogP contribution is -2.28. The largest absolute Gasteiger partial charge is 0.381 e. The highest BCUT2D eigenvalue weighted by atomic mass is 32.1. The highest BCUT2D eigenvalue weighted by Crippen LogP contribution is 2.23. The molecule has 1 unspecified atom stereocenters. The van der Waals surface area contributed by atoms with Crippen molar-refractivity contribution in [3.05, 3.63) is 27.1 Å². The van der Waals surface area contributed by atoms with Gasteiger partial charge in [0.05, 0.1) is 11.5 Å². The molecule has 6 heteroatoms. The Bertz CT molecular complexity index is 375. The van der Waals surface area contributed by atoms with E-state index < -0.39 is 0 Å². The maximum atomic E-state index is 10.5. The van der Waals surface area contributed by atoms with Gasteiger partial charge in [0.25, 0.3) is 0 Å². The molecule has 0 saturated carbocycles. The number of thiophene rings is 1. The number of hydrogen-bond acceptors (Lipinski definition) is 5. The van der Waals surface area contributed by atoms with Crippen LogP contribution in [-0.2, 0) is 11.3 Å². The third-order valence-electron chi connectivity index (χ3n) is 2.81. The van der Waals surface area contributed by atoms with E-state index in [2.05, 4.69) is 5.32 Å². The number of nitrogens with zero attached hydrogens (tertiary/aromatic N) is 1. The monoisotopic (exact) mass is 256 g/mol. The van der Waals surface area contributed by atoms with Gasteiger partial charge in [-0.1, -0.05) is 11.3 Å². The summed E-state index contributed by atoms with van der Waals surface area (Å²) < 4.78 is 5.39. The Balaban J connectivity index is 1.71. The predicted octanol–water partition coefficient (Wildman–Crippen LogP) is 2.17. The lowest BCUT2D eigenvalue weighted by atomic mass is 10.0. The fourth-order valence-corrected chi connectivity index (χ4v) is 2.72. The van der Waals surface area contributed by atoms with E-state index in [9.17, 15) is 10.1 Å². The van der Waals surface area contributed by atoms with Crippen LogP contribution >= 0.6 is 11.3 Å². The molecule has 1 aliphatic rings. The zero-order valence-corrected chi connectivity index (χ0v) is 10.4. The van der Waals surface area contributed by atoms with E-state index in [4.69, 9.17) is 4.74 Å². The molecule has 0 aromatic carbocycles. The van der Waals surface area contributed by atoms with Crippen molar-refractivity contribution in [3.63, 3.8) is 0 Å². The average Bonchev–Trinajstić information content (AvgIpc) is 2.79. The van der Waals surface area contributed by atoms with Gasteiger partial charge in [0.1, 0.15) is 0 Å². The Labute approximate surface area is 104 Å². The molecule has 0 amide bonds. The van der Waals surface area contributed by atoms with E-state index in [-0.39, 0.29) is 9.92 Å². The predicted molar refractivity (Wildman–Crippen MR) is 66.2 cm³/mol. The summed E-state index contributed by atoms with van der Waals surface area (Å²) in [6, 6.07) is 3.37. The molecule has 1 aliphatic heterocycles. The molecule has 0 bridgehead atoms. The average molecular weight is 256 g/mol. The molecule has 17 heavy (non-hydrogen) atoms. The third-order valence-corrected chi connectivity index (χ3v) is 3.85. The zero-order valence-electron chi connectivity index (χ0n) is 9.55. The lowest BCUT2D eigenvalue weighted by Gasteiger charge is -2.22. The molecule has 0 spiro atoms. The van der Waals surface area contributed by atoms with Crippen LogP contribution in [0.5, 0.6) is 0 Å². The first-order valence-corrected chi connectivity index (χ1v) is 6.59. The van der Waals surface area contributed by atoms with Crippen LogP contribution in [0.4, 0.5) is 5.00 Å². The topological polar surface area (TPSA) is 64.4 Å². The quantitative estimate of drug-likeness (QED) is 0.647. The fraction of sp³-hybridized carbons (Fsp3) is 0.636. The zero-order chi connectivity index (χ0) is 12.1. The normalized spacial score (nSPS) is 20.4. The molecule has 5 nitrogen and oxygen atoms in total. The summed E-state index contributed by atoms with van der Waals surface area (Å²) in [6.07, 6.45) is 2.34. The molecule has 1 fully saturated rings. The standard InChI is InChI=1S/C11H16N2O3S/c14-13(15)11-4-3-10(17-11)7-12-6-9-2-1-5-16-8-9/h3-4,9,12H,1-2,5-8H2. The molecular formula is C11H16N2O3S. The maximum absolute atomic E-state index is 10.5. The van der Waals surface area contributed by atoms with Crippen LogP contribution in [0, 0.1) is 16.0 Å². The number of nitrogens with one attached hydrogen (secondary N) is 1. The van der Waals surface area contributed by atoms with Crippen LogP contribution in [0.1, 0.15) is 17.7 Å². The highest BCUT2D eigenvalue weighted by Gasteiger charge is 2.14. The van der Waals surface area contributed by atoms with Gasteiger partial charge in [0.15, 0.2) is 0 Å². The van der Waals surface area contributed by atoms with Crippen LogP contribution in [0.15, 0.2) is 12.1 Å². The Morgan fingerprint density at radius 1 is 1.59 bits per heavy atom. The Hall–Kier alpha value is -0.980. The van der Waals surface area contributed by atoms with Gasteiger partial charge in [0, 0.05) is 30.6 Å². The van der Waals surface area contributed by atoms with Crippen LogP contribution in [0.2, 0.25) is 0 Å². The SMILES string of the molecule is O=[N+]([O-])c1ccc(CNCC2CCCOC2)s1. The minimum absolute atomic E-state index is 0.211. The molecule has 1 N–H and O–H groups in total. The minimum Gasteiger partial charge on any atom is -0.381 e. The smallest absolute Gasteiger partial charge is 0.324 e. The second-order valence-electron chi connectivity index (χ2n) is 4.21. The number of hydrogen-bond donors (Lipinski definition) is 1. The summed E-state index contributed by atoms with van der Waals surface area (Å²) in [5, 5.41) is 14.1. The molecule has 1 saturated heterocycles. The number of rotatable bonds is 5. The molecular weight excluding hydrogens is 240 g/mol. The van der Waals surface area contributed by atoms with E-state index in [1.807, 2.05) is 6.07 Å². The van der Waals surface area contributed by atoms with Gasteiger partial charge in [-0.15, -0.1) is 0 Å². The van der Waals surface area contributed by atoms with E-state index in [0.29, 0.717) is 12.5 Å². The Morgan fingerprint density at radius 3 is 3.12 bits per heavy atom. The summed E-state index contributed by atoms with van der Waals surface area (Å²) in [5.41, 5.74) is 0. The number of nitro groups is 1. The van der Waals surface area contributed by atoms with Crippen LogP contribution < -0.4 is 5.32 Å². The molecule has 0 radical (unpaired) electrons. The summed E-state index contributed by atoms with van der Waals surface area (Å²) in [4.78, 5) is 11.2.